The number of fused-ring (bicyclic) bond motifs is 3. The summed E-state index contributed by atoms with van der Waals surface area (Å²) >= 11 is 0. The minimum atomic E-state index is -0.120. The minimum absolute atomic E-state index is 0.0233. The normalized spacial score (nSPS) is 15.7. The van der Waals surface area contributed by atoms with Crippen LogP contribution in [0.15, 0.2) is 42.5 Å². The van der Waals surface area contributed by atoms with Crippen molar-refractivity contribution in [1.29, 1.82) is 0 Å². The van der Waals surface area contributed by atoms with E-state index < -0.39 is 0 Å². The molecule has 0 aliphatic heterocycles. The maximum absolute atomic E-state index is 12.8. The van der Waals surface area contributed by atoms with Crippen LogP contribution in [0.25, 0.3) is 10.9 Å². The molecule has 6 nitrogen and oxygen atoms in total. The van der Waals surface area contributed by atoms with Crippen LogP contribution in [0.4, 0.5) is 11.4 Å². The Labute approximate surface area is 163 Å². The smallest absolute Gasteiger partial charge is 0.227 e. The van der Waals surface area contributed by atoms with Gasteiger partial charge in [0.25, 0.3) is 0 Å². The standard InChI is InChI=1S/C22H23N3O3/c1-13(26)23-15-4-6-16(7-5-15)24-22(27)14-3-9-20-18(11-14)19-12-17(28-2)8-10-21(19)25-20/h4-8,10,12,14,25H,3,9,11H2,1-2H3,(H,23,26)(H,24,27). The number of carbonyl (C=O) groups is 2. The third kappa shape index (κ3) is 3.58. The van der Waals surface area contributed by atoms with E-state index in [1.54, 1.807) is 31.4 Å². The van der Waals surface area contributed by atoms with E-state index in [9.17, 15) is 9.59 Å². The Morgan fingerprint density at radius 2 is 1.79 bits per heavy atom. The summed E-state index contributed by atoms with van der Waals surface area (Å²) in [7, 11) is 1.66. The predicted octanol–water partition coefficient (Wildman–Crippen LogP) is 3.88. The Bertz CT molecular complexity index is 1040. The summed E-state index contributed by atoms with van der Waals surface area (Å²) in [5.74, 6) is 0.646. The van der Waals surface area contributed by atoms with Gasteiger partial charge in [-0.3, -0.25) is 9.59 Å². The van der Waals surface area contributed by atoms with E-state index in [2.05, 4.69) is 15.6 Å². The highest BCUT2D eigenvalue weighted by Gasteiger charge is 2.27. The molecule has 0 bridgehead atoms. The number of aryl methyl sites for hydroxylation is 1. The van der Waals surface area contributed by atoms with E-state index in [0.29, 0.717) is 12.1 Å². The van der Waals surface area contributed by atoms with Gasteiger partial charge in [-0.1, -0.05) is 0 Å². The van der Waals surface area contributed by atoms with Crippen molar-refractivity contribution in [3.63, 3.8) is 0 Å². The molecule has 1 atom stereocenters. The van der Waals surface area contributed by atoms with E-state index >= 15 is 0 Å². The third-order valence-corrected chi connectivity index (χ3v) is 5.24. The molecular formula is C22H23N3O3. The molecule has 6 heteroatoms. The van der Waals surface area contributed by atoms with Crippen LogP contribution in [0.3, 0.4) is 0 Å². The molecule has 1 aliphatic rings. The average molecular weight is 377 g/mol. The van der Waals surface area contributed by atoms with E-state index in [1.165, 1.54) is 18.2 Å². The van der Waals surface area contributed by atoms with Gasteiger partial charge in [0.2, 0.25) is 11.8 Å². The zero-order valence-corrected chi connectivity index (χ0v) is 16.0. The van der Waals surface area contributed by atoms with Gasteiger partial charge in [-0.05, 0) is 67.3 Å². The molecule has 1 unspecified atom stereocenters. The van der Waals surface area contributed by atoms with Crippen LogP contribution in [0.2, 0.25) is 0 Å². The Hall–Kier alpha value is -3.28. The maximum atomic E-state index is 12.8. The highest BCUT2D eigenvalue weighted by molar-refractivity contribution is 5.95. The second-order valence-corrected chi connectivity index (χ2v) is 7.18. The molecule has 2 aromatic carbocycles. The van der Waals surface area contributed by atoms with Gasteiger partial charge in [-0.15, -0.1) is 0 Å². The van der Waals surface area contributed by atoms with Crippen molar-refractivity contribution in [2.45, 2.75) is 26.2 Å². The topological polar surface area (TPSA) is 83.2 Å². The van der Waals surface area contributed by atoms with E-state index in [0.717, 1.165) is 35.2 Å². The summed E-state index contributed by atoms with van der Waals surface area (Å²) in [5.41, 5.74) is 4.94. The van der Waals surface area contributed by atoms with Gasteiger partial charge in [0.1, 0.15) is 5.75 Å². The summed E-state index contributed by atoms with van der Waals surface area (Å²) in [6.07, 6.45) is 2.37. The molecule has 4 rings (SSSR count). The van der Waals surface area contributed by atoms with Crippen molar-refractivity contribution in [2.75, 3.05) is 17.7 Å². The van der Waals surface area contributed by atoms with Crippen molar-refractivity contribution in [3.8, 4) is 5.75 Å². The van der Waals surface area contributed by atoms with E-state index in [1.807, 2.05) is 18.2 Å². The first-order valence-electron chi connectivity index (χ1n) is 9.39. The number of nitrogens with one attached hydrogen (secondary N) is 3. The molecule has 3 aromatic rings. The fourth-order valence-electron chi connectivity index (χ4n) is 3.83. The third-order valence-electron chi connectivity index (χ3n) is 5.24. The van der Waals surface area contributed by atoms with Crippen LogP contribution in [-0.4, -0.2) is 23.9 Å². The van der Waals surface area contributed by atoms with Gasteiger partial charge < -0.3 is 20.4 Å². The number of aromatic nitrogens is 1. The van der Waals surface area contributed by atoms with E-state index in [4.69, 9.17) is 4.74 Å². The maximum Gasteiger partial charge on any atom is 0.227 e. The Morgan fingerprint density at radius 3 is 2.46 bits per heavy atom. The lowest BCUT2D eigenvalue weighted by Crippen LogP contribution is -2.28. The highest BCUT2D eigenvalue weighted by Crippen LogP contribution is 2.34. The fraction of sp³-hybridized carbons (Fsp3) is 0.273. The first-order valence-corrected chi connectivity index (χ1v) is 9.39. The quantitative estimate of drug-likeness (QED) is 0.645. The number of methoxy groups -OCH3 is 1. The van der Waals surface area contributed by atoms with Gasteiger partial charge >= 0.3 is 0 Å². The molecule has 0 saturated heterocycles. The molecule has 1 aromatic heterocycles. The van der Waals surface area contributed by atoms with Crippen LogP contribution in [0.1, 0.15) is 24.6 Å². The second kappa shape index (κ2) is 7.38. The predicted molar refractivity (Wildman–Crippen MR) is 110 cm³/mol. The highest BCUT2D eigenvalue weighted by atomic mass is 16.5. The fourth-order valence-corrected chi connectivity index (χ4v) is 3.83. The number of rotatable bonds is 4. The molecule has 0 fully saturated rings. The minimum Gasteiger partial charge on any atom is -0.497 e. The monoisotopic (exact) mass is 377 g/mol. The van der Waals surface area contributed by atoms with Crippen molar-refractivity contribution in [3.05, 3.63) is 53.7 Å². The number of H-pyrrole nitrogens is 1. The van der Waals surface area contributed by atoms with Crippen LogP contribution in [0.5, 0.6) is 5.75 Å². The molecule has 0 radical (unpaired) electrons. The lowest BCUT2D eigenvalue weighted by atomic mass is 9.85. The van der Waals surface area contributed by atoms with Crippen LogP contribution < -0.4 is 15.4 Å². The van der Waals surface area contributed by atoms with Crippen molar-refractivity contribution >= 4 is 34.1 Å². The number of amides is 2. The number of hydrogen-bond donors (Lipinski definition) is 3. The van der Waals surface area contributed by atoms with Crippen molar-refractivity contribution in [2.24, 2.45) is 5.92 Å². The summed E-state index contributed by atoms with van der Waals surface area (Å²) in [6.45, 7) is 1.47. The Balaban J connectivity index is 1.49. The number of carbonyl (C=O) groups excluding carboxylic acids is 2. The number of hydrogen-bond acceptors (Lipinski definition) is 3. The summed E-state index contributed by atoms with van der Waals surface area (Å²) in [4.78, 5) is 27.4. The summed E-state index contributed by atoms with van der Waals surface area (Å²) < 4.78 is 5.35. The second-order valence-electron chi connectivity index (χ2n) is 7.18. The molecular weight excluding hydrogens is 354 g/mol. The largest absolute Gasteiger partial charge is 0.497 e. The molecule has 3 N–H and O–H groups in total. The molecule has 1 heterocycles. The van der Waals surface area contributed by atoms with Gasteiger partial charge in [-0.25, -0.2) is 0 Å². The average Bonchev–Trinajstić information content (AvgIpc) is 3.06. The summed E-state index contributed by atoms with van der Waals surface area (Å²) in [6, 6.07) is 13.2. The zero-order valence-electron chi connectivity index (χ0n) is 16.0. The lowest BCUT2D eigenvalue weighted by Gasteiger charge is -2.22. The SMILES string of the molecule is COc1ccc2[nH]c3c(c2c1)CC(C(=O)Nc1ccc(NC(C)=O)cc1)CC3. The molecule has 0 saturated carbocycles. The zero-order chi connectivity index (χ0) is 19.7. The number of anilines is 2. The molecule has 144 valence electrons. The number of ether oxygens (including phenoxy) is 1. The van der Waals surface area contributed by atoms with Crippen LogP contribution >= 0.6 is 0 Å². The van der Waals surface area contributed by atoms with Crippen molar-refractivity contribution in [1.82, 2.24) is 4.98 Å². The molecule has 28 heavy (non-hydrogen) atoms. The molecule has 0 spiro atoms. The number of aromatic amines is 1. The Morgan fingerprint density at radius 1 is 1.07 bits per heavy atom. The molecule has 1 aliphatic carbocycles. The van der Waals surface area contributed by atoms with Gasteiger partial charge in [0, 0.05) is 40.8 Å². The van der Waals surface area contributed by atoms with Crippen LogP contribution in [0, 0.1) is 5.92 Å². The van der Waals surface area contributed by atoms with E-state index in [-0.39, 0.29) is 17.7 Å². The van der Waals surface area contributed by atoms with Gasteiger partial charge in [-0.2, -0.15) is 0 Å². The summed E-state index contributed by atoms with van der Waals surface area (Å²) in [5, 5.41) is 6.85. The van der Waals surface area contributed by atoms with Crippen LogP contribution in [-0.2, 0) is 22.4 Å². The van der Waals surface area contributed by atoms with Crippen molar-refractivity contribution < 1.29 is 14.3 Å². The first kappa shape index (κ1) is 18.1. The first-order chi connectivity index (χ1) is 13.5. The van der Waals surface area contributed by atoms with Gasteiger partial charge in [0.15, 0.2) is 0 Å². The number of benzene rings is 2. The molecule has 2 amide bonds. The van der Waals surface area contributed by atoms with Gasteiger partial charge in [0.05, 0.1) is 7.11 Å². The Kier molecular flexibility index (Phi) is 4.77. The lowest BCUT2D eigenvalue weighted by molar-refractivity contribution is -0.120.